The lowest BCUT2D eigenvalue weighted by molar-refractivity contribution is -0.151. The highest BCUT2D eigenvalue weighted by atomic mass is 32.2. The maximum Gasteiger partial charge on any atom is 0.233 e. The van der Waals surface area contributed by atoms with Gasteiger partial charge < -0.3 is 19.1 Å². The topological polar surface area (TPSA) is 48.0 Å². The van der Waals surface area contributed by atoms with E-state index < -0.39 is 5.79 Å². The number of carbonyl (C=O) groups excluding carboxylic acids is 1. The van der Waals surface area contributed by atoms with Crippen LogP contribution in [0.5, 0.6) is 5.75 Å². The Bertz CT molecular complexity index is 516. The number of amides is 1. The molecule has 2 saturated heterocycles. The summed E-state index contributed by atoms with van der Waals surface area (Å²) in [6.07, 6.45) is 0.766. The molecular formula is C15H19NO4S. The van der Waals surface area contributed by atoms with Crippen molar-refractivity contribution in [1.29, 1.82) is 0 Å². The molecule has 3 rings (SSSR count). The van der Waals surface area contributed by atoms with Crippen molar-refractivity contribution in [3.63, 3.8) is 0 Å². The lowest BCUT2D eigenvalue weighted by Crippen LogP contribution is -2.37. The Morgan fingerprint density at radius 2 is 2.24 bits per heavy atom. The van der Waals surface area contributed by atoms with Crippen LogP contribution < -0.4 is 4.74 Å². The molecule has 2 aliphatic heterocycles. The molecule has 0 N–H and O–H groups in total. The molecule has 2 aliphatic rings. The second-order valence-electron chi connectivity index (χ2n) is 5.14. The van der Waals surface area contributed by atoms with E-state index in [0.717, 1.165) is 17.1 Å². The minimum Gasteiger partial charge on any atom is -0.497 e. The molecule has 1 aromatic rings. The van der Waals surface area contributed by atoms with Crippen LogP contribution in [0.25, 0.3) is 0 Å². The molecule has 6 heteroatoms. The molecule has 0 atom stereocenters. The molecule has 1 spiro atoms. The lowest BCUT2D eigenvalue weighted by atomic mass is 10.2. The molecule has 114 valence electrons. The summed E-state index contributed by atoms with van der Waals surface area (Å²) in [4.78, 5) is 15.1. The van der Waals surface area contributed by atoms with Gasteiger partial charge in [-0.15, -0.1) is 11.8 Å². The van der Waals surface area contributed by atoms with E-state index in [1.54, 1.807) is 7.11 Å². The molecule has 21 heavy (non-hydrogen) atoms. The predicted octanol–water partition coefficient (Wildman–Crippen LogP) is 1.76. The van der Waals surface area contributed by atoms with Gasteiger partial charge in [0.2, 0.25) is 5.91 Å². The standard InChI is InChI=1S/C15H19NO4S/c1-18-12-3-2-4-13(9-12)21-10-14(17)16-6-5-15(11-16)19-7-8-20-15/h2-4,9H,5-8,10-11H2,1H3. The van der Waals surface area contributed by atoms with Crippen LogP contribution in [-0.2, 0) is 14.3 Å². The molecule has 1 aromatic carbocycles. The first-order chi connectivity index (χ1) is 10.2. The summed E-state index contributed by atoms with van der Waals surface area (Å²) in [5, 5.41) is 0. The van der Waals surface area contributed by atoms with E-state index in [1.165, 1.54) is 11.8 Å². The Morgan fingerprint density at radius 1 is 1.43 bits per heavy atom. The summed E-state index contributed by atoms with van der Waals surface area (Å²) in [6.45, 7) is 2.50. The maximum absolute atomic E-state index is 12.3. The number of thioether (sulfide) groups is 1. The third-order valence-corrected chi connectivity index (χ3v) is 4.74. The van der Waals surface area contributed by atoms with Crippen molar-refractivity contribution in [1.82, 2.24) is 4.90 Å². The number of hydrogen-bond acceptors (Lipinski definition) is 5. The number of rotatable bonds is 4. The van der Waals surface area contributed by atoms with Crippen molar-refractivity contribution >= 4 is 17.7 Å². The van der Waals surface area contributed by atoms with Crippen LogP contribution in [0.15, 0.2) is 29.2 Å². The summed E-state index contributed by atoms with van der Waals surface area (Å²) in [6, 6.07) is 7.74. The van der Waals surface area contributed by atoms with Crippen molar-refractivity contribution in [3.05, 3.63) is 24.3 Å². The monoisotopic (exact) mass is 309 g/mol. The van der Waals surface area contributed by atoms with Gasteiger partial charge in [-0.05, 0) is 18.2 Å². The van der Waals surface area contributed by atoms with Gasteiger partial charge in [-0.3, -0.25) is 4.79 Å². The Balaban J connectivity index is 1.52. The van der Waals surface area contributed by atoms with Crippen molar-refractivity contribution in [2.45, 2.75) is 17.1 Å². The van der Waals surface area contributed by atoms with E-state index >= 15 is 0 Å². The van der Waals surface area contributed by atoms with Gasteiger partial charge in [0.15, 0.2) is 5.79 Å². The highest BCUT2D eigenvalue weighted by Crippen LogP contribution is 2.31. The Morgan fingerprint density at radius 3 is 3.00 bits per heavy atom. The Hall–Kier alpha value is -1.24. The van der Waals surface area contributed by atoms with Crippen LogP contribution in [-0.4, -0.2) is 55.8 Å². The zero-order valence-electron chi connectivity index (χ0n) is 12.0. The molecular weight excluding hydrogens is 290 g/mol. The van der Waals surface area contributed by atoms with Gasteiger partial charge in [-0.1, -0.05) is 6.07 Å². The summed E-state index contributed by atoms with van der Waals surface area (Å²) in [5.41, 5.74) is 0. The fraction of sp³-hybridized carbons (Fsp3) is 0.533. The van der Waals surface area contributed by atoms with Crippen molar-refractivity contribution in [2.24, 2.45) is 0 Å². The van der Waals surface area contributed by atoms with E-state index in [-0.39, 0.29) is 5.91 Å². The summed E-state index contributed by atoms with van der Waals surface area (Å²) < 4.78 is 16.5. The van der Waals surface area contributed by atoms with Gasteiger partial charge >= 0.3 is 0 Å². The number of methoxy groups -OCH3 is 1. The fourth-order valence-corrected chi connectivity index (χ4v) is 3.47. The first-order valence-electron chi connectivity index (χ1n) is 7.03. The second kappa shape index (κ2) is 6.25. The molecule has 1 amide bonds. The average molecular weight is 309 g/mol. The molecule has 2 heterocycles. The molecule has 0 aliphatic carbocycles. The van der Waals surface area contributed by atoms with E-state index in [2.05, 4.69) is 0 Å². The molecule has 0 saturated carbocycles. The summed E-state index contributed by atoms with van der Waals surface area (Å²) >= 11 is 1.52. The Kier molecular flexibility index (Phi) is 4.37. The van der Waals surface area contributed by atoms with Gasteiger partial charge in [0.05, 0.1) is 32.6 Å². The van der Waals surface area contributed by atoms with Crippen LogP contribution in [0.2, 0.25) is 0 Å². The number of carbonyl (C=O) groups is 1. The first kappa shape index (κ1) is 14.7. The van der Waals surface area contributed by atoms with E-state index in [9.17, 15) is 4.79 Å². The molecule has 0 aromatic heterocycles. The van der Waals surface area contributed by atoms with Crippen LogP contribution in [0.4, 0.5) is 0 Å². The fourth-order valence-electron chi connectivity index (χ4n) is 2.63. The zero-order valence-corrected chi connectivity index (χ0v) is 12.9. The summed E-state index contributed by atoms with van der Waals surface area (Å²) in [5.74, 6) is 0.818. The van der Waals surface area contributed by atoms with Crippen LogP contribution in [0.3, 0.4) is 0 Å². The van der Waals surface area contributed by atoms with Crippen LogP contribution in [0.1, 0.15) is 6.42 Å². The molecule has 0 unspecified atom stereocenters. The second-order valence-corrected chi connectivity index (χ2v) is 6.19. The van der Waals surface area contributed by atoms with Crippen LogP contribution >= 0.6 is 11.8 Å². The zero-order chi connectivity index (χ0) is 14.7. The maximum atomic E-state index is 12.3. The number of nitrogens with zero attached hydrogens (tertiary/aromatic N) is 1. The van der Waals surface area contributed by atoms with Gasteiger partial charge in [0.25, 0.3) is 0 Å². The third-order valence-electron chi connectivity index (χ3n) is 3.76. The third kappa shape index (κ3) is 3.33. The van der Waals surface area contributed by atoms with E-state index in [1.807, 2.05) is 29.2 Å². The highest BCUT2D eigenvalue weighted by molar-refractivity contribution is 8.00. The first-order valence-corrected chi connectivity index (χ1v) is 8.02. The SMILES string of the molecule is COc1cccc(SCC(=O)N2CCC3(C2)OCCO3)c1. The van der Waals surface area contributed by atoms with Crippen molar-refractivity contribution < 1.29 is 19.0 Å². The molecule has 5 nitrogen and oxygen atoms in total. The van der Waals surface area contributed by atoms with E-state index in [4.69, 9.17) is 14.2 Å². The number of ether oxygens (including phenoxy) is 3. The Labute approximate surface area is 128 Å². The quantitative estimate of drug-likeness (QED) is 0.793. The normalized spacial score (nSPS) is 20.1. The smallest absolute Gasteiger partial charge is 0.233 e. The number of likely N-dealkylation sites (tertiary alicyclic amines) is 1. The van der Waals surface area contributed by atoms with Gasteiger partial charge in [-0.25, -0.2) is 0 Å². The summed E-state index contributed by atoms with van der Waals surface area (Å²) in [7, 11) is 1.64. The van der Waals surface area contributed by atoms with Gasteiger partial charge in [-0.2, -0.15) is 0 Å². The van der Waals surface area contributed by atoms with Crippen LogP contribution in [0, 0.1) is 0 Å². The number of benzene rings is 1. The molecule has 0 bridgehead atoms. The average Bonchev–Trinajstić information content (AvgIpc) is 3.16. The lowest BCUT2D eigenvalue weighted by Gasteiger charge is -2.22. The van der Waals surface area contributed by atoms with Crippen molar-refractivity contribution in [3.8, 4) is 5.75 Å². The molecule has 2 fully saturated rings. The van der Waals surface area contributed by atoms with E-state index in [0.29, 0.717) is 32.1 Å². The highest BCUT2D eigenvalue weighted by Gasteiger charge is 2.44. The minimum absolute atomic E-state index is 0.124. The largest absolute Gasteiger partial charge is 0.497 e. The van der Waals surface area contributed by atoms with Gasteiger partial charge in [0.1, 0.15) is 5.75 Å². The predicted molar refractivity (Wildman–Crippen MR) is 79.6 cm³/mol. The minimum atomic E-state index is -0.531. The van der Waals surface area contributed by atoms with Crippen molar-refractivity contribution in [2.75, 3.05) is 39.2 Å². The van der Waals surface area contributed by atoms with Gasteiger partial charge in [0, 0.05) is 17.9 Å². The molecule has 0 radical (unpaired) electrons. The number of hydrogen-bond donors (Lipinski definition) is 0.